The van der Waals surface area contributed by atoms with Gasteiger partial charge in [-0.1, -0.05) is 18.2 Å². The number of hydrogen-bond donors (Lipinski definition) is 0. The minimum Gasteiger partial charge on any atom is -0.342 e. The maximum atomic E-state index is 12.9. The van der Waals surface area contributed by atoms with Gasteiger partial charge in [0, 0.05) is 31.2 Å². The number of aromatic nitrogens is 1. The molecule has 1 saturated heterocycles. The molecule has 0 aliphatic carbocycles. The second kappa shape index (κ2) is 5.40. The van der Waals surface area contributed by atoms with Gasteiger partial charge in [-0.05, 0) is 26.0 Å². The minimum absolute atomic E-state index is 0.0241. The van der Waals surface area contributed by atoms with Crippen LogP contribution in [-0.4, -0.2) is 52.8 Å². The van der Waals surface area contributed by atoms with Crippen molar-refractivity contribution in [3.63, 3.8) is 0 Å². The molecule has 1 unspecified atom stereocenters. The lowest BCUT2D eigenvalue weighted by atomic mass is 10.1. The van der Waals surface area contributed by atoms with E-state index in [4.69, 9.17) is 0 Å². The van der Waals surface area contributed by atoms with E-state index in [-0.39, 0.29) is 11.8 Å². The Bertz CT molecular complexity index is 757. The first-order valence-corrected chi connectivity index (χ1v) is 7.41. The summed E-state index contributed by atoms with van der Waals surface area (Å²) in [5, 5.41) is 0.935. The molecule has 2 amide bonds. The van der Waals surface area contributed by atoms with Crippen molar-refractivity contribution in [1.29, 1.82) is 0 Å². The second-order valence-electron chi connectivity index (χ2n) is 5.76. The van der Waals surface area contributed by atoms with Gasteiger partial charge in [-0.25, -0.2) is 0 Å². The summed E-state index contributed by atoms with van der Waals surface area (Å²) >= 11 is 0. The molecule has 1 fully saturated rings. The lowest BCUT2D eigenvalue weighted by Crippen LogP contribution is -2.56. The Labute approximate surface area is 129 Å². The molecular weight excluding hydrogens is 278 g/mol. The first-order valence-electron chi connectivity index (χ1n) is 7.41. The maximum Gasteiger partial charge on any atom is 0.256 e. The third-order valence-corrected chi connectivity index (χ3v) is 4.23. The quantitative estimate of drug-likeness (QED) is 0.807. The molecule has 0 N–H and O–H groups in total. The summed E-state index contributed by atoms with van der Waals surface area (Å²) in [6.07, 6.45) is 0. The number of aryl methyl sites for hydroxylation is 1. The normalized spacial score (nSPS) is 18.9. The Hall–Kier alpha value is -2.43. The van der Waals surface area contributed by atoms with E-state index >= 15 is 0 Å². The summed E-state index contributed by atoms with van der Waals surface area (Å²) in [5.74, 6) is -0.151. The number of fused-ring (bicyclic) bond motifs is 1. The van der Waals surface area contributed by atoms with Gasteiger partial charge in [0.2, 0.25) is 5.91 Å². The number of hydrogen-bond acceptors (Lipinski definition) is 3. The molecule has 114 valence electrons. The van der Waals surface area contributed by atoms with Crippen LogP contribution in [-0.2, 0) is 4.79 Å². The van der Waals surface area contributed by atoms with E-state index in [1.54, 1.807) is 29.8 Å². The number of likely N-dealkylation sites (N-methyl/N-ethyl adjacent to an activating group) is 1. The van der Waals surface area contributed by atoms with Crippen molar-refractivity contribution in [3.05, 3.63) is 41.6 Å². The zero-order valence-corrected chi connectivity index (χ0v) is 13.0. The predicted molar refractivity (Wildman–Crippen MR) is 84.6 cm³/mol. The summed E-state index contributed by atoms with van der Waals surface area (Å²) in [4.78, 5) is 32.8. The molecule has 1 aromatic heterocycles. The standard InChI is InChI=1S/C17H19N3O2/c1-11-7-8-13-5-4-6-14(15(13)18-11)17(22)20-10-9-19(3)16(21)12(20)2/h4-8,12H,9-10H2,1-3H3. The maximum absolute atomic E-state index is 12.9. The summed E-state index contributed by atoms with van der Waals surface area (Å²) in [6, 6.07) is 9.04. The van der Waals surface area contributed by atoms with Crippen LogP contribution >= 0.6 is 0 Å². The Balaban J connectivity index is 2.02. The van der Waals surface area contributed by atoms with Gasteiger partial charge in [-0.15, -0.1) is 0 Å². The molecular formula is C17H19N3O2. The molecule has 3 rings (SSSR count). The average Bonchev–Trinajstić information content (AvgIpc) is 2.51. The van der Waals surface area contributed by atoms with Crippen LogP contribution in [0.25, 0.3) is 10.9 Å². The zero-order valence-electron chi connectivity index (χ0n) is 13.0. The van der Waals surface area contributed by atoms with Crippen LogP contribution in [0.1, 0.15) is 23.0 Å². The number of pyridine rings is 1. The number of piperazine rings is 1. The molecule has 0 bridgehead atoms. The van der Waals surface area contributed by atoms with Crippen LogP contribution in [0.15, 0.2) is 30.3 Å². The number of nitrogens with zero attached hydrogens (tertiary/aromatic N) is 3. The molecule has 1 atom stereocenters. The molecule has 0 spiro atoms. The molecule has 1 aromatic carbocycles. The fraction of sp³-hybridized carbons (Fsp3) is 0.353. The number of amides is 2. The molecule has 5 heteroatoms. The molecule has 1 aliphatic heterocycles. The largest absolute Gasteiger partial charge is 0.342 e. The van der Waals surface area contributed by atoms with Crippen LogP contribution in [0.2, 0.25) is 0 Å². The van der Waals surface area contributed by atoms with Crippen molar-refractivity contribution in [2.24, 2.45) is 0 Å². The molecule has 1 aliphatic rings. The third-order valence-electron chi connectivity index (χ3n) is 4.23. The van der Waals surface area contributed by atoms with Gasteiger partial charge in [-0.3, -0.25) is 14.6 Å². The van der Waals surface area contributed by atoms with Gasteiger partial charge in [0.15, 0.2) is 0 Å². The summed E-state index contributed by atoms with van der Waals surface area (Å²) in [7, 11) is 1.77. The van der Waals surface area contributed by atoms with Crippen LogP contribution in [0, 0.1) is 6.92 Å². The highest BCUT2D eigenvalue weighted by Crippen LogP contribution is 2.21. The van der Waals surface area contributed by atoms with Crippen LogP contribution in [0.3, 0.4) is 0 Å². The number of benzene rings is 1. The van der Waals surface area contributed by atoms with Crippen LogP contribution in [0.4, 0.5) is 0 Å². The Morgan fingerprint density at radius 3 is 2.77 bits per heavy atom. The highest BCUT2D eigenvalue weighted by atomic mass is 16.2. The fourth-order valence-corrected chi connectivity index (χ4v) is 2.86. The van der Waals surface area contributed by atoms with E-state index in [1.165, 1.54) is 0 Å². The van der Waals surface area contributed by atoms with Crippen molar-refractivity contribution < 1.29 is 9.59 Å². The topological polar surface area (TPSA) is 53.5 Å². The van der Waals surface area contributed by atoms with E-state index in [2.05, 4.69) is 4.98 Å². The first-order chi connectivity index (χ1) is 10.5. The number of carbonyl (C=O) groups is 2. The highest BCUT2D eigenvalue weighted by molar-refractivity contribution is 6.07. The number of carbonyl (C=O) groups excluding carboxylic acids is 2. The van der Waals surface area contributed by atoms with Crippen molar-refractivity contribution in [2.75, 3.05) is 20.1 Å². The molecule has 2 heterocycles. The lowest BCUT2D eigenvalue weighted by Gasteiger charge is -2.37. The third kappa shape index (κ3) is 2.32. The van der Waals surface area contributed by atoms with Crippen molar-refractivity contribution in [1.82, 2.24) is 14.8 Å². The SMILES string of the molecule is Cc1ccc2cccc(C(=O)N3CCN(C)C(=O)C3C)c2n1. The van der Waals surface area contributed by atoms with E-state index in [1.807, 2.05) is 31.2 Å². The van der Waals surface area contributed by atoms with Gasteiger partial charge in [0.05, 0.1) is 11.1 Å². The smallest absolute Gasteiger partial charge is 0.256 e. The van der Waals surface area contributed by atoms with Gasteiger partial charge >= 0.3 is 0 Å². The monoisotopic (exact) mass is 297 g/mol. The summed E-state index contributed by atoms with van der Waals surface area (Å²) in [5.41, 5.74) is 2.13. The number of para-hydroxylation sites is 1. The average molecular weight is 297 g/mol. The van der Waals surface area contributed by atoms with Gasteiger partial charge < -0.3 is 9.80 Å². The minimum atomic E-state index is -0.439. The lowest BCUT2D eigenvalue weighted by molar-refractivity contribution is -0.137. The Morgan fingerprint density at radius 1 is 1.23 bits per heavy atom. The molecule has 0 radical (unpaired) electrons. The van der Waals surface area contributed by atoms with E-state index < -0.39 is 6.04 Å². The summed E-state index contributed by atoms with van der Waals surface area (Å²) < 4.78 is 0. The number of rotatable bonds is 1. The van der Waals surface area contributed by atoms with Gasteiger partial charge in [0.1, 0.15) is 6.04 Å². The van der Waals surface area contributed by atoms with E-state index in [0.29, 0.717) is 24.2 Å². The molecule has 2 aromatic rings. The van der Waals surface area contributed by atoms with Gasteiger partial charge in [0.25, 0.3) is 5.91 Å². The van der Waals surface area contributed by atoms with Gasteiger partial charge in [-0.2, -0.15) is 0 Å². The Morgan fingerprint density at radius 2 is 2.00 bits per heavy atom. The molecule has 22 heavy (non-hydrogen) atoms. The van der Waals surface area contributed by atoms with Crippen molar-refractivity contribution >= 4 is 22.7 Å². The van der Waals surface area contributed by atoms with E-state index in [0.717, 1.165) is 11.1 Å². The highest BCUT2D eigenvalue weighted by Gasteiger charge is 2.33. The van der Waals surface area contributed by atoms with Crippen LogP contribution < -0.4 is 0 Å². The van der Waals surface area contributed by atoms with Crippen molar-refractivity contribution in [2.45, 2.75) is 19.9 Å². The zero-order chi connectivity index (χ0) is 15.9. The predicted octanol–water partition coefficient (Wildman–Crippen LogP) is 1.85. The summed E-state index contributed by atoms with van der Waals surface area (Å²) in [6.45, 7) is 4.79. The second-order valence-corrected chi connectivity index (χ2v) is 5.76. The molecule has 0 saturated carbocycles. The van der Waals surface area contributed by atoms with Crippen LogP contribution in [0.5, 0.6) is 0 Å². The Kier molecular flexibility index (Phi) is 3.56. The molecule has 5 nitrogen and oxygen atoms in total. The first kappa shape index (κ1) is 14.5. The van der Waals surface area contributed by atoms with E-state index in [9.17, 15) is 9.59 Å². The fourth-order valence-electron chi connectivity index (χ4n) is 2.86. The van der Waals surface area contributed by atoms with Crippen molar-refractivity contribution in [3.8, 4) is 0 Å².